The number of rotatable bonds is 5. The van der Waals surface area contributed by atoms with E-state index < -0.39 is 34.5 Å². The highest BCUT2D eigenvalue weighted by molar-refractivity contribution is 5.95. The molecule has 0 fully saturated rings. The van der Waals surface area contributed by atoms with Crippen LogP contribution in [0.25, 0.3) is 0 Å². The normalized spacial score (nSPS) is 11.5. The molecule has 3 nitrogen and oxygen atoms in total. The zero-order valence-corrected chi connectivity index (χ0v) is 10.8. The fourth-order valence-corrected chi connectivity index (χ4v) is 1.75. The van der Waals surface area contributed by atoms with Gasteiger partial charge in [0.1, 0.15) is 23.0 Å². The van der Waals surface area contributed by atoms with Crippen molar-refractivity contribution >= 4 is 5.91 Å². The highest BCUT2D eigenvalue weighted by atomic mass is 19.1. The summed E-state index contributed by atoms with van der Waals surface area (Å²) in [5.74, 6) is -4.64. The Morgan fingerprint density at radius 2 is 1.68 bits per heavy atom. The van der Waals surface area contributed by atoms with Crippen molar-refractivity contribution in [2.75, 3.05) is 6.61 Å². The number of carbonyl (C=O) groups is 1. The maximum Gasteiger partial charge on any atom is 0.257 e. The van der Waals surface area contributed by atoms with Crippen LogP contribution in [0.1, 0.15) is 37.0 Å². The number of aliphatic hydroxyl groups is 1. The lowest BCUT2D eigenvalue weighted by atomic mass is 9.93. The number of carbonyl (C=O) groups excluding carboxylic acids is 1. The van der Waals surface area contributed by atoms with Gasteiger partial charge in [-0.2, -0.15) is 0 Å². The average Bonchev–Trinajstić information content (AvgIpc) is 2.35. The Morgan fingerprint density at radius 1 is 1.21 bits per heavy atom. The van der Waals surface area contributed by atoms with E-state index >= 15 is 0 Å². The van der Waals surface area contributed by atoms with Gasteiger partial charge in [-0.25, -0.2) is 13.2 Å². The minimum atomic E-state index is -1.27. The largest absolute Gasteiger partial charge is 0.394 e. The van der Waals surface area contributed by atoms with Gasteiger partial charge in [-0.1, -0.05) is 13.8 Å². The summed E-state index contributed by atoms with van der Waals surface area (Å²) < 4.78 is 39.6. The van der Waals surface area contributed by atoms with Crippen LogP contribution in [0.3, 0.4) is 0 Å². The molecule has 0 heterocycles. The summed E-state index contributed by atoms with van der Waals surface area (Å²) >= 11 is 0. The van der Waals surface area contributed by atoms with Crippen molar-refractivity contribution in [3.63, 3.8) is 0 Å². The number of amides is 1. The third-order valence-corrected chi connectivity index (χ3v) is 3.27. The summed E-state index contributed by atoms with van der Waals surface area (Å²) in [5.41, 5.74) is -1.79. The first-order valence-electron chi connectivity index (χ1n) is 5.97. The topological polar surface area (TPSA) is 49.3 Å². The molecule has 6 heteroatoms. The first-order chi connectivity index (χ1) is 8.89. The van der Waals surface area contributed by atoms with Gasteiger partial charge in [0.05, 0.1) is 12.1 Å². The molecule has 0 spiro atoms. The average molecular weight is 275 g/mol. The van der Waals surface area contributed by atoms with Crippen LogP contribution in [0.2, 0.25) is 0 Å². The van der Waals surface area contributed by atoms with Crippen LogP contribution in [-0.4, -0.2) is 23.2 Å². The minimum Gasteiger partial charge on any atom is -0.394 e. The zero-order chi connectivity index (χ0) is 14.6. The van der Waals surface area contributed by atoms with Crippen molar-refractivity contribution in [3.8, 4) is 0 Å². The van der Waals surface area contributed by atoms with E-state index in [1.54, 1.807) is 13.8 Å². The number of benzene rings is 1. The molecule has 0 aliphatic heterocycles. The molecule has 0 bridgehead atoms. The Kier molecular flexibility index (Phi) is 4.94. The molecule has 19 heavy (non-hydrogen) atoms. The molecule has 0 aromatic heterocycles. The van der Waals surface area contributed by atoms with Gasteiger partial charge in [-0.3, -0.25) is 4.79 Å². The molecule has 0 saturated heterocycles. The molecule has 1 amide bonds. The van der Waals surface area contributed by atoms with Crippen molar-refractivity contribution in [2.45, 2.75) is 32.2 Å². The van der Waals surface area contributed by atoms with E-state index in [2.05, 4.69) is 5.32 Å². The molecule has 1 aromatic carbocycles. The van der Waals surface area contributed by atoms with Gasteiger partial charge in [0, 0.05) is 12.1 Å². The fourth-order valence-electron chi connectivity index (χ4n) is 1.75. The maximum absolute atomic E-state index is 13.4. The van der Waals surface area contributed by atoms with Crippen molar-refractivity contribution in [2.24, 2.45) is 0 Å². The summed E-state index contributed by atoms with van der Waals surface area (Å²) in [6.07, 6.45) is 0.798. The number of hydrogen-bond donors (Lipinski definition) is 2. The molecule has 1 rings (SSSR count). The van der Waals surface area contributed by atoms with Gasteiger partial charge < -0.3 is 10.4 Å². The standard InChI is InChI=1S/C13H16F3NO2/c1-3-13(4-2,7-18)17-12(19)11-9(15)5-8(14)6-10(11)16/h5-6,18H,3-4,7H2,1-2H3,(H,17,19). The van der Waals surface area contributed by atoms with E-state index in [9.17, 15) is 23.1 Å². The molecule has 0 aliphatic carbocycles. The molecule has 2 N–H and O–H groups in total. The van der Waals surface area contributed by atoms with Crippen molar-refractivity contribution < 1.29 is 23.1 Å². The highest BCUT2D eigenvalue weighted by Gasteiger charge is 2.30. The van der Waals surface area contributed by atoms with E-state index in [1.807, 2.05) is 0 Å². The maximum atomic E-state index is 13.4. The van der Waals surface area contributed by atoms with Crippen LogP contribution in [0, 0.1) is 17.5 Å². The minimum absolute atomic E-state index is 0.351. The third kappa shape index (κ3) is 3.26. The molecule has 1 aromatic rings. The summed E-state index contributed by atoms with van der Waals surface area (Å²) in [5, 5.41) is 11.7. The summed E-state index contributed by atoms with van der Waals surface area (Å²) in [6.45, 7) is 3.12. The van der Waals surface area contributed by atoms with E-state index in [4.69, 9.17) is 0 Å². The number of nitrogens with one attached hydrogen (secondary N) is 1. The molecule has 0 aliphatic rings. The van der Waals surface area contributed by atoms with E-state index in [1.165, 1.54) is 0 Å². The van der Waals surface area contributed by atoms with Crippen molar-refractivity contribution in [1.82, 2.24) is 5.32 Å². The van der Waals surface area contributed by atoms with Crippen molar-refractivity contribution in [3.05, 3.63) is 35.1 Å². The second-order valence-electron chi connectivity index (χ2n) is 4.34. The lowest BCUT2D eigenvalue weighted by Crippen LogP contribution is -2.50. The Bertz CT molecular complexity index is 442. The second-order valence-corrected chi connectivity index (χ2v) is 4.34. The summed E-state index contributed by atoms with van der Waals surface area (Å²) in [7, 11) is 0. The van der Waals surface area contributed by atoms with E-state index in [-0.39, 0.29) is 6.61 Å². The second kappa shape index (κ2) is 6.06. The predicted octanol–water partition coefficient (Wildman–Crippen LogP) is 2.38. The van der Waals surface area contributed by atoms with Crippen LogP contribution in [-0.2, 0) is 0 Å². The van der Waals surface area contributed by atoms with E-state index in [0.29, 0.717) is 25.0 Å². The lowest BCUT2D eigenvalue weighted by Gasteiger charge is -2.30. The molecule has 106 valence electrons. The van der Waals surface area contributed by atoms with Crippen LogP contribution in [0.4, 0.5) is 13.2 Å². The molecule has 0 radical (unpaired) electrons. The smallest absolute Gasteiger partial charge is 0.257 e. The van der Waals surface area contributed by atoms with Crippen LogP contribution >= 0.6 is 0 Å². The molecule has 0 saturated carbocycles. The number of aliphatic hydroxyl groups excluding tert-OH is 1. The molecule has 0 atom stereocenters. The highest BCUT2D eigenvalue weighted by Crippen LogP contribution is 2.19. The van der Waals surface area contributed by atoms with Gasteiger partial charge in [0.2, 0.25) is 0 Å². The van der Waals surface area contributed by atoms with Gasteiger partial charge in [-0.15, -0.1) is 0 Å². The van der Waals surface area contributed by atoms with Gasteiger partial charge in [0.15, 0.2) is 0 Å². The third-order valence-electron chi connectivity index (χ3n) is 3.27. The number of halogens is 3. The molecular weight excluding hydrogens is 259 g/mol. The Hall–Kier alpha value is -1.56. The quantitative estimate of drug-likeness (QED) is 0.866. The molecular formula is C13H16F3NO2. The molecule has 0 unspecified atom stereocenters. The fraction of sp³-hybridized carbons (Fsp3) is 0.462. The summed E-state index contributed by atoms with van der Waals surface area (Å²) in [6, 6.07) is 0.882. The monoisotopic (exact) mass is 275 g/mol. The first-order valence-corrected chi connectivity index (χ1v) is 5.97. The van der Waals surface area contributed by atoms with Crippen molar-refractivity contribution in [1.29, 1.82) is 0 Å². The number of hydrogen-bond acceptors (Lipinski definition) is 2. The Morgan fingerprint density at radius 3 is 2.05 bits per heavy atom. The van der Waals surface area contributed by atoms with E-state index in [0.717, 1.165) is 0 Å². The van der Waals surface area contributed by atoms with Crippen LogP contribution in [0.5, 0.6) is 0 Å². The lowest BCUT2D eigenvalue weighted by molar-refractivity contribution is 0.0809. The van der Waals surface area contributed by atoms with Crippen LogP contribution < -0.4 is 5.32 Å². The SMILES string of the molecule is CCC(CC)(CO)NC(=O)c1c(F)cc(F)cc1F. The Labute approximate surface area is 109 Å². The summed E-state index contributed by atoms with van der Waals surface area (Å²) in [4.78, 5) is 11.9. The first kappa shape index (κ1) is 15.5. The van der Waals surface area contributed by atoms with Gasteiger partial charge in [0.25, 0.3) is 5.91 Å². The zero-order valence-electron chi connectivity index (χ0n) is 10.8. The van der Waals surface area contributed by atoms with Crippen LogP contribution in [0.15, 0.2) is 12.1 Å². The van der Waals surface area contributed by atoms with Gasteiger partial charge >= 0.3 is 0 Å². The predicted molar refractivity (Wildman–Crippen MR) is 64.2 cm³/mol. The Balaban J connectivity index is 3.08. The van der Waals surface area contributed by atoms with Gasteiger partial charge in [-0.05, 0) is 12.8 Å².